The molecule has 1 fully saturated rings. The number of hydrogen-bond acceptors (Lipinski definition) is 5. The second-order valence-electron chi connectivity index (χ2n) is 4.83. The summed E-state index contributed by atoms with van der Waals surface area (Å²) in [5.74, 6) is -0.0473. The molecule has 0 atom stereocenters. The van der Waals surface area contributed by atoms with Gasteiger partial charge in [-0.05, 0) is 35.9 Å². The number of halogens is 1. The highest BCUT2D eigenvalue weighted by Gasteiger charge is 2.32. The first-order valence-corrected chi connectivity index (χ1v) is 8.69. The molecule has 1 aromatic carbocycles. The van der Waals surface area contributed by atoms with Crippen molar-refractivity contribution in [2.45, 2.75) is 6.54 Å². The molecule has 3 rings (SSSR count). The first-order valence-electron chi connectivity index (χ1n) is 6.67. The van der Waals surface area contributed by atoms with Crippen molar-refractivity contribution in [2.24, 2.45) is 0 Å². The topological polar surface area (TPSA) is 53.4 Å². The Labute approximate surface area is 151 Å². The molecule has 1 saturated heterocycles. The average Bonchev–Trinajstić information content (AvgIpc) is 2.80. The summed E-state index contributed by atoms with van der Waals surface area (Å²) in [7, 11) is 0. The Balaban J connectivity index is 1.86. The van der Waals surface area contributed by atoms with Gasteiger partial charge in [-0.2, -0.15) is 0 Å². The number of carbonyl (C=O) groups is 1. The van der Waals surface area contributed by atoms with Crippen LogP contribution in [0.1, 0.15) is 11.1 Å². The standard InChI is InChI=1S/C16H11BrN2O2S2/c17-12-3-4-13(20)11(6-12)7-14-15(21)19(16(22)23-14)9-10-2-1-5-18-8-10/h1-8,20H,9H2/b14-7-. The summed E-state index contributed by atoms with van der Waals surface area (Å²) in [4.78, 5) is 18.6. The number of pyridine rings is 1. The molecule has 7 heteroatoms. The molecule has 0 unspecified atom stereocenters. The van der Waals surface area contributed by atoms with Gasteiger partial charge in [-0.25, -0.2) is 0 Å². The van der Waals surface area contributed by atoms with Gasteiger partial charge in [-0.3, -0.25) is 14.7 Å². The van der Waals surface area contributed by atoms with E-state index in [0.717, 1.165) is 10.0 Å². The van der Waals surface area contributed by atoms with Crippen LogP contribution in [0.5, 0.6) is 5.75 Å². The number of thiocarbonyl (C=S) groups is 1. The lowest BCUT2D eigenvalue weighted by molar-refractivity contribution is -0.122. The summed E-state index contributed by atoms with van der Waals surface area (Å²) >= 11 is 9.89. The van der Waals surface area contributed by atoms with E-state index in [1.54, 1.807) is 36.7 Å². The Morgan fingerprint density at radius 2 is 2.22 bits per heavy atom. The lowest BCUT2D eigenvalue weighted by Crippen LogP contribution is -2.27. The SMILES string of the molecule is O=C1/C(=C/c2cc(Br)ccc2O)SC(=S)N1Cc1cccnc1. The van der Waals surface area contributed by atoms with Crippen LogP contribution in [0.3, 0.4) is 0 Å². The average molecular weight is 407 g/mol. The highest BCUT2D eigenvalue weighted by molar-refractivity contribution is 9.10. The normalized spacial score (nSPS) is 16.4. The fourth-order valence-corrected chi connectivity index (χ4v) is 3.72. The minimum absolute atomic E-state index is 0.116. The summed E-state index contributed by atoms with van der Waals surface area (Å²) in [6.07, 6.45) is 5.05. The Morgan fingerprint density at radius 3 is 2.96 bits per heavy atom. The van der Waals surface area contributed by atoms with Gasteiger partial charge in [0.15, 0.2) is 0 Å². The van der Waals surface area contributed by atoms with Crippen LogP contribution in [0.4, 0.5) is 0 Å². The van der Waals surface area contributed by atoms with Crippen molar-refractivity contribution >= 4 is 56.2 Å². The molecule has 1 aliphatic rings. The van der Waals surface area contributed by atoms with Gasteiger partial charge < -0.3 is 5.11 Å². The van der Waals surface area contributed by atoms with E-state index in [9.17, 15) is 9.90 Å². The monoisotopic (exact) mass is 406 g/mol. The molecular weight excluding hydrogens is 396 g/mol. The van der Waals surface area contributed by atoms with Crippen LogP contribution < -0.4 is 0 Å². The van der Waals surface area contributed by atoms with Crippen molar-refractivity contribution in [3.63, 3.8) is 0 Å². The minimum atomic E-state index is -0.164. The third kappa shape index (κ3) is 3.63. The second-order valence-corrected chi connectivity index (χ2v) is 7.42. The van der Waals surface area contributed by atoms with Crippen LogP contribution in [0.2, 0.25) is 0 Å². The van der Waals surface area contributed by atoms with Crippen LogP contribution in [0.25, 0.3) is 6.08 Å². The molecule has 2 aromatic rings. The highest BCUT2D eigenvalue weighted by Crippen LogP contribution is 2.35. The van der Waals surface area contributed by atoms with Gasteiger partial charge in [0.1, 0.15) is 10.1 Å². The third-order valence-electron chi connectivity index (χ3n) is 3.21. The smallest absolute Gasteiger partial charge is 0.266 e. The maximum atomic E-state index is 12.6. The zero-order valence-electron chi connectivity index (χ0n) is 11.8. The van der Waals surface area contributed by atoms with Crippen molar-refractivity contribution in [3.8, 4) is 5.75 Å². The van der Waals surface area contributed by atoms with Crippen LogP contribution in [-0.2, 0) is 11.3 Å². The first-order chi connectivity index (χ1) is 11.0. The van der Waals surface area contributed by atoms with E-state index in [1.807, 2.05) is 12.1 Å². The Morgan fingerprint density at radius 1 is 1.39 bits per heavy atom. The van der Waals surface area contributed by atoms with Gasteiger partial charge in [-0.15, -0.1) is 0 Å². The molecule has 1 aromatic heterocycles. The number of aromatic nitrogens is 1. The van der Waals surface area contributed by atoms with E-state index < -0.39 is 0 Å². The van der Waals surface area contributed by atoms with E-state index in [4.69, 9.17) is 12.2 Å². The molecule has 1 N–H and O–H groups in total. The molecule has 0 aliphatic carbocycles. The van der Waals surface area contributed by atoms with Crippen molar-refractivity contribution in [1.29, 1.82) is 0 Å². The molecule has 2 heterocycles. The predicted molar refractivity (Wildman–Crippen MR) is 98.8 cm³/mol. The Kier molecular flexibility index (Phi) is 4.79. The summed E-state index contributed by atoms with van der Waals surface area (Å²) in [5.41, 5.74) is 1.48. The number of hydrogen-bond donors (Lipinski definition) is 1. The summed E-state index contributed by atoms with van der Waals surface area (Å²) < 4.78 is 1.33. The van der Waals surface area contributed by atoms with E-state index in [0.29, 0.717) is 21.3 Å². The molecule has 0 saturated carbocycles. The van der Waals surface area contributed by atoms with E-state index in [2.05, 4.69) is 20.9 Å². The number of benzene rings is 1. The number of phenols is 1. The second kappa shape index (κ2) is 6.82. The third-order valence-corrected chi connectivity index (χ3v) is 5.08. The molecule has 23 heavy (non-hydrogen) atoms. The Bertz CT molecular complexity index is 809. The Hall–Kier alpha value is -1.70. The van der Waals surface area contributed by atoms with E-state index in [1.165, 1.54) is 16.7 Å². The number of thioether (sulfide) groups is 1. The summed E-state index contributed by atoms with van der Waals surface area (Å²) in [6, 6.07) is 8.79. The summed E-state index contributed by atoms with van der Waals surface area (Å²) in [5, 5.41) is 9.91. The van der Waals surface area contributed by atoms with Crippen LogP contribution in [0.15, 0.2) is 52.1 Å². The fourth-order valence-electron chi connectivity index (χ4n) is 2.09. The van der Waals surface area contributed by atoms with Gasteiger partial charge in [0.25, 0.3) is 5.91 Å². The van der Waals surface area contributed by atoms with Crippen molar-refractivity contribution in [1.82, 2.24) is 9.88 Å². The maximum absolute atomic E-state index is 12.6. The van der Waals surface area contributed by atoms with Gasteiger partial charge >= 0.3 is 0 Å². The molecule has 1 amide bonds. The number of amides is 1. The molecule has 0 spiro atoms. The number of aromatic hydroxyl groups is 1. The number of phenolic OH excluding ortho intramolecular Hbond substituents is 1. The van der Waals surface area contributed by atoms with E-state index in [-0.39, 0.29) is 11.7 Å². The first kappa shape index (κ1) is 16.2. The van der Waals surface area contributed by atoms with Crippen molar-refractivity contribution in [3.05, 3.63) is 63.2 Å². The minimum Gasteiger partial charge on any atom is -0.507 e. The fraction of sp³-hybridized carbons (Fsp3) is 0.0625. The molecule has 0 radical (unpaired) electrons. The van der Waals surface area contributed by atoms with Crippen LogP contribution >= 0.6 is 39.9 Å². The lowest BCUT2D eigenvalue weighted by atomic mass is 10.2. The van der Waals surface area contributed by atoms with E-state index >= 15 is 0 Å². The molecule has 1 aliphatic heterocycles. The molecular formula is C16H11BrN2O2S2. The van der Waals surface area contributed by atoms with Gasteiger partial charge in [0.05, 0.1) is 11.4 Å². The summed E-state index contributed by atoms with van der Waals surface area (Å²) in [6.45, 7) is 0.389. The quantitative estimate of drug-likeness (QED) is 0.617. The zero-order valence-corrected chi connectivity index (χ0v) is 15.0. The van der Waals surface area contributed by atoms with Gasteiger partial charge in [-0.1, -0.05) is 46.0 Å². The van der Waals surface area contributed by atoms with Crippen molar-refractivity contribution < 1.29 is 9.90 Å². The van der Waals surface area contributed by atoms with Gasteiger partial charge in [0.2, 0.25) is 0 Å². The molecule has 116 valence electrons. The lowest BCUT2D eigenvalue weighted by Gasteiger charge is -2.13. The van der Waals surface area contributed by atoms with Crippen LogP contribution in [0, 0.1) is 0 Å². The largest absolute Gasteiger partial charge is 0.507 e. The number of carbonyl (C=O) groups excluding carboxylic acids is 1. The molecule has 0 bridgehead atoms. The zero-order chi connectivity index (χ0) is 16.4. The van der Waals surface area contributed by atoms with Gasteiger partial charge in [0, 0.05) is 22.4 Å². The predicted octanol–water partition coefficient (Wildman–Crippen LogP) is 3.95. The number of rotatable bonds is 3. The molecule has 4 nitrogen and oxygen atoms in total. The van der Waals surface area contributed by atoms with Crippen LogP contribution in [-0.4, -0.2) is 25.2 Å². The highest BCUT2D eigenvalue weighted by atomic mass is 79.9. The van der Waals surface area contributed by atoms with Crippen molar-refractivity contribution in [2.75, 3.05) is 0 Å². The maximum Gasteiger partial charge on any atom is 0.266 e. The number of nitrogens with zero attached hydrogens (tertiary/aromatic N) is 2.